The van der Waals surface area contributed by atoms with Crippen molar-refractivity contribution in [3.8, 4) is 0 Å². The third kappa shape index (κ3) is 3.40. The molecule has 21 heavy (non-hydrogen) atoms. The van der Waals surface area contributed by atoms with Crippen LogP contribution < -0.4 is 11.1 Å². The summed E-state index contributed by atoms with van der Waals surface area (Å²) < 4.78 is 0. The van der Waals surface area contributed by atoms with E-state index in [1.807, 2.05) is 0 Å². The number of carbonyl (C=O) groups excluding carboxylic acids is 1. The number of amides is 1. The molecule has 2 aliphatic rings. The van der Waals surface area contributed by atoms with E-state index in [-0.39, 0.29) is 24.4 Å². The summed E-state index contributed by atoms with van der Waals surface area (Å²) in [6.07, 6.45) is 5.69. The van der Waals surface area contributed by atoms with Crippen LogP contribution in [0.25, 0.3) is 0 Å². The Morgan fingerprint density at radius 1 is 1.43 bits per heavy atom. The first kappa shape index (κ1) is 16.3. The minimum Gasteiger partial charge on any atom is -0.480 e. The number of hydrogen-bond acceptors (Lipinski definition) is 4. The maximum absolute atomic E-state index is 12.5. The van der Waals surface area contributed by atoms with Gasteiger partial charge in [-0.25, -0.2) is 0 Å². The summed E-state index contributed by atoms with van der Waals surface area (Å²) in [6.45, 7) is 1.46. The highest BCUT2D eigenvalue weighted by atomic mass is 16.4. The average molecular weight is 295 g/mol. The van der Waals surface area contributed by atoms with Crippen molar-refractivity contribution in [1.82, 2.24) is 10.2 Å². The molecule has 2 aliphatic heterocycles. The lowest BCUT2D eigenvalue weighted by molar-refractivity contribution is -0.144. The molecule has 1 amide bonds. The molecule has 2 fully saturated rings. The highest BCUT2D eigenvalue weighted by Crippen LogP contribution is 2.31. The van der Waals surface area contributed by atoms with Crippen LogP contribution in [0.15, 0.2) is 0 Å². The summed E-state index contributed by atoms with van der Waals surface area (Å²) in [5, 5.41) is 12.7. The number of aliphatic carboxylic acids is 1. The number of carboxylic acids is 1. The summed E-state index contributed by atoms with van der Waals surface area (Å²) in [5.74, 6) is -1.12. The van der Waals surface area contributed by atoms with E-state index in [4.69, 9.17) is 5.73 Å². The van der Waals surface area contributed by atoms with Crippen molar-refractivity contribution < 1.29 is 14.7 Å². The zero-order chi connectivity index (χ0) is 15.5. The normalized spacial score (nSPS) is 33.1. The molecule has 2 heterocycles. The predicted octanol–water partition coefficient (Wildman–Crippen LogP) is -0.799. The molecule has 0 aromatic heterocycles. The highest BCUT2D eigenvalue weighted by Gasteiger charge is 2.51. The van der Waals surface area contributed by atoms with E-state index in [0.29, 0.717) is 6.54 Å². The fraction of sp³-hybridized carbons (Fsp3) is 0.857. The van der Waals surface area contributed by atoms with E-state index < -0.39 is 11.5 Å². The van der Waals surface area contributed by atoms with Crippen molar-refractivity contribution >= 4 is 19.7 Å². The van der Waals surface area contributed by atoms with E-state index in [1.54, 1.807) is 4.90 Å². The van der Waals surface area contributed by atoms with E-state index in [1.165, 1.54) is 0 Å². The van der Waals surface area contributed by atoms with Gasteiger partial charge in [0, 0.05) is 19.0 Å². The number of carbonyl (C=O) groups is 2. The number of nitrogens with one attached hydrogen (secondary N) is 1. The molecule has 0 radical (unpaired) electrons. The smallest absolute Gasteiger partial charge is 0.325 e. The number of likely N-dealkylation sites (tertiary alicyclic amines) is 1. The van der Waals surface area contributed by atoms with Gasteiger partial charge in [0.1, 0.15) is 13.4 Å². The summed E-state index contributed by atoms with van der Waals surface area (Å²) in [7, 11) is 2.07. The van der Waals surface area contributed by atoms with Gasteiger partial charge in [-0.15, -0.1) is 0 Å². The van der Waals surface area contributed by atoms with Gasteiger partial charge in [-0.1, -0.05) is 19.2 Å². The van der Waals surface area contributed by atoms with Gasteiger partial charge in [0.05, 0.1) is 6.04 Å². The van der Waals surface area contributed by atoms with Crippen molar-refractivity contribution in [3.63, 3.8) is 0 Å². The molecule has 6 nitrogen and oxygen atoms in total. The summed E-state index contributed by atoms with van der Waals surface area (Å²) in [4.78, 5) is 25.8. The van der Waals surface area contributed by atoms with Crippen LogP contribution in [-0.4, -0.2) is 60.9 Å². The quantitative estimate of drug-likeness (QED) is 0.577. The molecular weight excluding hydrogens is 269 g/mol. The van der Waals surface area contributed by atoms with Crippen LogP contribution in [0.3, 0.4) is 0 Å². The van der Waals surface area contributed by atoms with Crippen molar-refractivity contribution in [2.24, 2.45) is 11.7 Å². The molecule has 118 valence electrons. The molecule has 0 bridgehead atoms. The molecular formula is C14H26BN3O3. The third-order valence-electron chi connectivity index (χ3n) is 4.85. The van der Waals surface area contributed by atoms with Gasteiger partial charge in [0.25, 0.3) is 0 Å². The molecule has 0 aromatic carbocycles. The topological polar surface area (TPSA) is 95.7 Å². The molecule has 4 N–H and O–H groups in total. The maximum Gasteiger partial charge on any atom is 0.325 e. The van der Waals surface area contributed by atoms with Crippen LogP contribution in [0.4, 0.5) is 0 Å². The highest BCUT2D eigenvalue weighted by molar-refractivity contribution is 6.08. The zero-order valence-corrected chi connectivity index (χ0v) is 12.8. The lowest BCUT2D eigenvalue weighted by Gasteiger charge is -2.28. The molecule has 2 saturated heterocycles. The Bertz CT molecular complexity index is 401. The molecule has 7 heteroatoms. The molecule has 3 atom stereocenters. The van der Waals surface area contributed by atoms with Crippen LogP contribution in [0.2, 0.25) is 6.32 Å². The Morgan fingerprint density at radius 2 is 2.19 bits per heavy atom. The first-order chi connectivity index (χ1) is 9.99. The molecule has 0 saturated carbocycles. The van der Waals surface area contributed by atoms with Crippen molar-refractivity contribution in [2.75, 3.05) is 19.6 Å². The van der Waals surface area contributed by atoms with Crippen LogP contribution in [0.5, 0.6) is 0 Å². The predicted molar refractivity (Wildman–Crippen MR) is 82.9 cm³/mol. The van der Waals surface area contributed by atoms with Crippen LogP contribution in [0, 0.1) is 5.92 Å². The monoisotopic (exact) mass is 295 g/mol. The molecule has 0 aromatic rings. The standard InChI is InChI=1S/C14H26BN3O3/c15-6-3-4-10-8-18(9-14(10,16)13(20)21)12(19)11-5-1-2-7-17-11/h10-11,17H,1-9,15-16H2,(H,20,21)/t10-,11-,14-/m0/s1. The third-order valence-corrected chi connectivity index (χ3v) is 4.85. The summed E-state index contributed by atoms with van der Waals surface area (Å²) >= 11 is 0. The van der Waals surface area contributed by atoms with E-state index in [9.17, 15) is 14.7 Å². The van der Waals surface area contributed by atoms with Gasteiger partial charge in [0.15, 0.2) is 0 Å². The minimum atomic E-state index is -1.29. The Morgan fingerprint density at radius 3 is 2.76 bits per heavy atom. The van der Waals surface area contributed by atoms with Crippen molar-refractivity contribution in [2.45, 2.75) is 50.0 Å². The van der Waals surface area contributed by atoms with Gasteiger partial charge in [0.2, 0.25) is 5.91 Å². The van der Waals surface area contributed by atoms with Crippen LogP contribution in [-0.2, 0) is 9.59 Å². The van der Waals surface area contributed by atoms with Gasteiger partial charge < -0.3 is 21.1 Å². The van der Waals surface area contributed by atoms with Crippen molar-refractivity contribution in [3.05, 3.63) is 0 Å². The lowest BCUT2D eigenvalue weighted by Crippen LogP contribution is -2.56. The van der Waals surface area contributed by atoms with E-state index in [2.05, 4.69) is 13.2 Å². The van der Waals surface area contributed by atoms with Gasteiger partial charge in [-0.3, -0.25) is 9.59 Å². The number of hydrogen-bond donors (Lipinski definition) is 3. The molecule has 0 aliphatic carbocycles. The van der Waals surface area contributed by atoms with E-state index in [0.717, 1.165) is 45.0 Å². The van der Waals surface area contributed by atoms with Crippen LogP contribution >= 0.6 is 0 Å². The number of rotatable bonds is 5. The van der Waals surface area contributed by atoms with Gasteiger partial charge in [-0.05, 0) is 25.8 Å². The second-order valence-electron chi connectivity index (χ2n) is 6.41. The number of nitrogens with zero attached hydrogens (tertiary/aromatic N) is 1. The van der Waals surface area contributed by atoms with Gasteiger partial charge >= 0.3 is 5.97 Å². The second-order valence-corrected chi connectivity index (χ2v) is 6.41. The molecule has 0 unspecified atom stereocenters. The molecule has 0 spiro atoms. The SMILES string of the molecule is BCCC[C@H]1CN(C(=O)[C@@H]2CCCCN2)C[C@@]1(N)C(=O)O. The van der Waals surface area contributed by atoms with Gasteiger partial charge in [-0.2, -0.15) is 0 Å². The fourth-order valence-corrected chi connectivity index (χ4v) is 3.43. The van der Waals surface area contributed by atoms with Crippen molar-refractivity contribution in [1.29, 1.82) is 0 Å². The Balaban J connectivity index is 2.05. The number of nitrogens with two attached hydrogens (primary N) is 1. The van der Waals surface area contributed by atoms with Crippen LogP contribution in [0.1, 0.15) is 32.1 Å². The first-order valence-electron chi connectivity index (χ1n) is 8.03. The zero-order valence-electron chi connectivity index (χ0n) is 12.8. The molecule has 2 rings (SSSR count). The second kappa shape index (κ2) is 6.79. The lowest BCUT2D eigenvalue weighted by atomic mass is 9.83. The maximum atomic E-state index is 12.5. The number of carboxylic acid groups (broad SMARTS) is 1. The summed E-state index contributed by atoms with van der Waals surface area (Å²) in [6, 6.07) is -0.165. The Hall–Kier alpha value is -1.08. The fourth-order valence-electron chi connectivity index (χ4n) is 3.43. The van der Waals surface area contributed by atoms with E-state index >= 15 is 0 Å². The largest absolute Gasteiger partial charge is 0.480 e. The Labute approximate surface area is 126 Å². The Kier molecular flexibility index (Phi) is 5.27. The average Bonchev–Trinajstić information content (AvgIpc) is 2.84. The first-order valence-corrected chi connectivity index (χ1v) is 8.03. The summed E-state index contributed by atoms with van der Waals surface area (Å²) in [5.41, 5.74) is 4.84. The number of piperidine rings is 1. The minimum absolute atomic E-state index is 0.0183.